The highest BCUT2D eigenvalue weighted by Crippen LogP contribution is 2.63. The van der Waals surface area contributed by atoms with Gasteiger partial charge >= 0.3 is 5.97 Å². The van der Waals surface area contributed by atoms with Gasteiger partial charge < -0.3 is 51.1 Å². The number of ether oxygens (including phenoxy) is 4. The lowest BCUT2D eigenvalue weighted by molar-refractivity contribution is -0.139. The lowest BCUT2D eigenvalue weighted by Gasteiger charge is -2.19. The van der Waals surface area contributed by atoms with Crippen LogP contribution >= 0.6 is 0 Å². The van der Waals surface area contributed by atoms with Crippen LogP contribution in [-0.4, -0.2) is 55.0 Å². The molecule has 8 N–H and O–H groups in total. The minimum atomic E-state index is -0.828. The van der Waals surface area contributed by atoms with Gasteiger partial charge in [-0.05, 0) is 105 Å². The van der Waals surface area contributed by atoms with Crippen LogP contribution in [0.5, 0.6) is 34.5 Å². The molecule has 4 aromatic carbocycles. The van der Waals surface area contributed by atoms with Crippen LogP contribution in [0.4, 0.5) is 31.8 Å². The van der Waals surface area contributed by atoms with Gasteiger partial charge in [0.2, 0.25) is 11.8 Å². The van der Waals surface area contributed by atoms with E-state index in [-0.39, 0.29) is 53.4 Å². The van der Waals surface area contributed by atoms with Crippen LogP contribution < -0.4 is 41.0 Å². The second-order valence-corrected chi connectivity index (χ2v) is 17.5. The van der Waals surface area contributed by atoms with Crippen molar-refractivity contribution >= 4 is 51.8 Å². The molecule has 6 atom stereocenters. The van der Waals surface area contributed by atoms with E-state index in [1.54, 1.807) is 44.4 Å². The predicted molar refractivity (Wildman–Crippen MR) is 244 cm³/mol. The van der Waals surface area contributed by atoms with Crippen molar-refractivity contribution in [3.05, 3.63) is 136 Å². The number of hydrogen-bond acceptors (Lipinski definition) is 12. The molecule has 0 saturated heterocycles. The number of pyridine rings is 2. The molecule has 2 aliphatic carbocycles. The highest BCUT2D eigenvalue weighted by atomic mass is 19.1. The molecule has 4 aliphatic heterocycles. The van der Waals surface area contributed by atoms with Crippen molar-refractivity contribution in [1.29, 1.82) is 0 Å². The van der Waals surface area contributed by atoms with E-state index in [1.165, 1.54) is 18.2 Å². The maximum Gasteiger partial charge on any atom is 0.311 e. The number of aromatic amines is 1. The number of nitrogens with one attached hydrogen (secondary N) is 3. The van der Waals surface area contributed by atoms with Crippen LogP contribution in [-0.2, 0) is 27.2 Å². The molecule has 6 unspecified atom stereocenters. The molecule has 13 rings (SSSR count). The normalized spacial score (nSPS) is 21.5. The van der Waals surface area contributed by atoms with E-state index < -0.39 is 11.9 Å². The summed E-state index contributed by atoms with van der Waals surface area (Å²) in [7, 11) is 0. The number of nitrogens with zero attached hydrogens (tertiary/aromatic N) is 3. The first-order valence-electron chi connectivity index (χ1n) is 22.0. The van der Waals surface area contributed by atoms with Gasteiger partial charge in [-0.1, -0.05) is 0 Å². The first kappa shape index (κ1) is 42.4. The summed E-state index contributed by atoms with van der Waals surface area (Å²) >= 11 is 0. The summed E-state index contributed by atoms with van der Waals surface area (Å²) in [5.74, 6) is 4.40. The minimum absolute atomic E-state index is 0.0191. The third-order valence-electron chi connectivity index (χ3n) is 13.1. The molecular weight excluding hydrogens is 879 g/mol. The van der Waals surface area contributed by atoms with Crippen molar-refractivity contribution in [3.8, 4) is 34.5 Å². The lowest BCUT2D eigenvalue weighted by atomic mass is 10.1. The summed E-state index contributed by atoms with van der Waals surface area (Å²) in [5.41, 5.74) is 17.8. The zero-order chi connectivity index (χ0) is 47.1. The third-order valence-corrected chi connectivity index (χ3v) is 13.1. The van der Waals surface area contributed by atoms with E-state index in [2.05, 4.69) is 30.6 Å². The van der Waals surface area contributed by atoms with Crippen LogP contribution in [0.15, 0.2) is 85.2 Å². The number of carboxylic acids is 1. The number of rotatable bonds is 6. The molecule has 0 bridgehead atoms. The Morgan fingerprint density at radius 3 is 1.82 bits per heavy atom. The maximum absolute atomic E-state index is 13.9. The first-order chi connectivity index (χ1) is 32.8. The van der Waals surface area contributed by atoms with Crippen molar-refractivity contribution in [1.82, 2.24) is 19.9 Å². The number of amides is 2. The predicted octanol–water partition coefficient (Wildman–Crippen LogP) is 8.34. The summed E-state index contributed by atoms with van der Waals surface area (Å²) in [5, 5.41) is 14.7. The standard InChI is InChI=1S/C25H19FN4O3.C18H14N2O5.C7H9FN2/c1-11-8-16-17(10-15(11)26)29-25(28-16)22-21-14-9-12(2-4-18(14)33-23(21)22)32-19-6-7-27-24-13(19)3-5-20(31)30-24;21-13-4-2-9-12(5-6-19-17(9)20-13)24-8-1-3-11-10(7-8)14-15(18(22)23)16(14)25-11;1-4-2-6(9)7(10)3-5(4)8/h2,4,6-10,21-23H,3,5H2,1H3,(H,28,29)(H,27,30,31);1,3,5-7,14-16H,2,4H2,(H,22,23)(H,19,20,21);2-3H,9-10H2,1H3. The Kier molecular flexibility index (Phi) is 10.1. The van der Waals surface area contributed by atoms with E-state index in [0.29, 0.717) is 88.3 Å². The van der Waals surface area contributed by atoms with E-state index in [1.807, 2.05) is 36.4 Å². The van der Waals surface area contributed by atoms with Gasteiger partial charge in [0.05, 0.1) is 28.3 Å². The van der Waals surface area contributed by atoms with Crippen LogP contribution in [0.2, 0.25) is 0 Å². The smallest absolute Gasteiger partial charge is 0.311 e. The van der Waals surface area contributed by atoms with Gasteiger partial charge in [0.15, 0.2) is 0 Å². The summed E-state index contributed by atoms with van der Waals surface area (Å²) < 4.78 is 50.6. The van der Waals surface area contributed by atoms with E-state index in [0.717, 1.165) is 45.1 Å². The second kappa shape index (κ2) is 16.3. The van der Waals surface area contributed by atoms with Gasteiger partial charge in [0.1, 0.15) is 81.7 Å². The first-order valence-corrected chi connectivity index (χ1v) is 22.0. The van der Waals surface area contributed by atoms with E-state index in [4.69, 9.17) is 30.4 Å². The number of carbonyl (C=O) groups is 3. The average molecular weight is 921 g/mol. The molecule has 0 radical (unpaired) electrons. The van der Waals surface area contributed by atoms with Gasteiger partial charge in [0, 0.05) is 65.4 Å². The SMILES string of the molecule is Cc1cc(N)c(N)cc1F.Cc1cc2[nH]c(C3C4Oc5ccc(Oc6ccnc7c6CCC(=O)N7)cc5C43)nc2cc1F.O=C1CCc2c(Oc3ccc4c(c3)C3C(O4)C3C(=O)O)ccnc2N1. The van der Waals surface area contributed by atoms with Gasteiger partial charge in [-0.2, -0.15) is 0 Å². The molecule has 0 spiro atoms. The number of aromatic nitrogens is 4. The highest BCUT2D eigenvalue weighted by Gasteiger charge is 2.63. The van der Waals surface area contributed by atoms with Crippen molar-refractivity contribution in [2.45, 2.75) is 69.5 Å². The highest BCUT2D eigenvalue weighted by molar-refractivity contribution is 5.94. The molecule has 68 heavy (non-hydrogen) atoms. The summed E-state index contributed by atoms with van der Waals surface area (Å²) in [4.78, 5) is 50.8. The Hall–Kier alpha value is -8.28. The largest absolute Gasteiger partial charge is 0.489 e. The fourth-order valence-electron chi connectivity index (χ4n) is 9.42. The summed E-state index contributed by atoms with van der Waals surface area (Å²) in [6.45, 7) is 3.39. The Bertz CT molecular complexity index is 3180. The van der Waals surface area contributed by atoms with Crippen LogP contribution in [0, 0.1) is 31.4 Å². The van der Waals surface area contributed by atoms with Crippen molar-refractivity contribution < 1.29 is 47.2 Å². The van der Waals surface area contributed by atoms with E-state index >= 15 is 0 Å². The minimum Gasteiger partial charge on any atom is -0.489 e. The fraction of sp³-hybridized carbons (Fsp3) is 0.240. The molecule has 18 heteroatoms. The van der Waals surface area contributed by atoms with E-state index in [9.17, 15) is 28.3 Å². The Morgan fingerprint density at radius 2 is 1.24 bits per heavy atom. The van der Waals surface area contributed by atoms with Crippen LogP contribution in [0.25, 0.3) is 11.0 Å². The number of halogens is 2. The average Bonchev–Trinajstić information content (AvgIpc) is 4.03. The lowest BCUT2D eigenvalue weighted by Crippen LogP contribution is -2.20. The van der Waals surface area contributed by atoms with Gasteiger partial charge in [0.25, 0.3) is 0 Å². The molecule has 7 heterocycles. The Balaban J connectivity index is 0.000000127. The number of aryl methyl sites for hydroxylation is 2. The van der Waals surface area contributed by atoms with Crippen LogP contribution in [0.3, 0.4) is 0 Å². The molecule has 7 aromatic rings. The molecule has 2 fully saturated rings. The number of fused-ring (bicyclic) bond motifs is 9. The fourth-order valence-corrected chi connectivity index (χ4v) is 9.42. The Morgan fingerprint density at radius 1 is 0.691 bits per heavy atom. The van der Waals surface area contributed by atoms with Crippen molar-refractivity contribution in [3.63, 3.8) is 0 Å². The van der Waals surface area contributed by atoms with Crippen molar-refractivity contribution in [2.24, 2.45) is 5.92 Å². The zero-order valence-corrected chi connectivity index (χ0v) is 36.4. The monoisotopic (exact) mass is 920 g/mol. The van der Waals surface area contributed by atoms with Gasteiger partial charge in [-0.25, -0.2) is 23.7 Å². The summed E-state index contributed by atoms with van der Waals surface area (Å²) in [6.07, 6.45) is 4.97. The molecule has 16 nitrogen and oxygen atoms in total. The molecule has 2 saturated carbocycles. The number of nitrogens with two attached hydrogens (primary N) is 2. The maximum atomic E-state index is 13.9. The molecule has 2 amide bonds. The van der Waals surface area contributed by atoms with Crippen LogP contribution in [0.1, 0.15) is 69.8 Å². The number of aliphatic carboxylic acids is 1. The third kappa shape index (κ3) is 7.66. The molecule has 344 valence electrons. The topological polar surface area (TPSA) is 239 Å². The summed E-state index contributed by atoms with van der Waals surface area (Å²) in [6, 6.07) is 20.9. The number of hydrogen-bond donors (Lipinski definition) is 6. The number of carbonyl (C=O) groups excluding carboxylic acids is 2. The molecular formula is C50H42F2N8O8. The quantitative estimate of drug-likeness (QED) is 0.0861. The number of imidazole rings is 1. The zero-order valence-electron chi connectivity index (χ0n) is 36.4. The van der Waals surface area contributed by atoms with Gasteiger partial charge in [-0.15, -0.1) is 0 Å². The Labute approximate surface area is 386 Å². The van der Waals surface area contributed by atoms with Gasteiger partial charge in [-0.3, -0.25) is 14.4 Å². The number of carboxylic acid groups (broad SMARTS) is 1. The van der Waals surface area contributed by atoms with Crippen molar-refractivity contribution in [2.75, 3.05) is 22.1 Å². The number of H-pyrrole nitrogens is 1. The molecule has 6 aliphatic rings. The number of anilines is 4. The number of benzene rings is 4. The molecule has 3 aromatic heterocycles. The number of nitrogen functional groups attached to an aromatic ring is 2. The second-order valence-electron chi connectivity index (χ2n) is 17.5.